The Morgan fingerprint density at radius 1 is 1.12 bits per heavy atom. The third-order valence-corrected chi connectivity index (χ3v) is 5.98. The Balaban J connectivity index is 2.06. The van der Waals surface area contributed by atoms with Gasteiger partial charge in [-0.05, 0) is 60.7 Å². The van der Waals surface area contributed by atoms with Crippen molar-refractivity contribution in [2.45, 2.75) is 36.1 Å². The van der Waals surface area contributed by atoms with Crippen LogP contribution >= 0.6 is 24.0 Å². The number of carbonyl (C=O) groups excluding carboxylic acids is 2. The summed E-state index contributed by atoms with van der Waals surface area (Å²) in [6, 6.07) is 4.91. The number of pyridine rings is 1. The van der Waals surface area contributed by atoms with Gasteiger partial charge < -0.3 is 0 Å². The number of nitrogens with zero attached hydrogens (tertiary/aromatic N) is 3. The van der Waals surface area contributed by atoms with Crippen molar-refractivity contribution in [3.63, 3.8) is 0 Å². The second-order valence-electron chi connectivity index (χ2n) is 6.81. The van der Waals surface area contributed by atoms with Crippen molar-refractivity contribution in [2.75, 3.05) is 0 Å². The lowest BCUT2D eigenvalue weighted by Crippen LogP contribution is -2.57. The fourth-order valence-electron chi connectivity index (χ4n) is 3.13. The normalized spacial score (nSPS) is 21.4. The van der Waals surface area contributed by atoms with E-state index in [1.54, 1.807) is 12.1 Å². The first-order valence-corrected chi connectivity index (χ1v) is 10.3. The summed E-state index contributed by atoms with van der Waals surface area (Å²) in [6.07, 6.45) is -2.56. The first-order valence-electron chi connectivity index (χ1n) is 9.06. The van der Waals surface area contributed by atoms with Gasteiger partial charge in [0, 0.05) is 34.1 Å². The molecule has 2 amide bonds. The number of carbonyl (C=O) groups is 2. The van der Waals surface area contributed by atoms with Crippen molar-refractivity contribution in [3.8, 4) is 0 Å². The van der Waals surface area contributed by atoms with Gasteiger partial charge in [0.05, 0.1) is 6.54 Å². The van der Waals surface area contributed by atoms with Crippen LogP contribution < -0.4 is 4.65 Å². The molecule has 2 heterocycles. The van der Waals surface area contributed by atoms with Crippen LogP contribution in [0.3, 0.4) is 0 Å². The monoisotopic (exact) mass is 510 g/mol. The molecule has 0 N–H and O–H groups in total. The van der Waals surface area contributed by atoms with E-state index in [1.807, 2.05) is 0 Å². The summed E-state index contributed by atoms with van der Waals surface area (Å²) in [5.41, 5.74) is -4.38. The van der Waals surface area contributed by atoms with Crippen LogP contribution in [0.25, 0.3) is 0 Å². The number of hydroxylamine groups is 2. The third kappa shape index (κ3) is 5.12. The molecule has 1 saturated heterocycles. The minimum Gasteiger partial charge on any atom is -0.271 e. The number of halogens is 6. The van der Waals surface area contributed by atoms with Gasteiger partial charge in [-0.15, -0.1) is 0 Å². The van der Waals surface area contributed by atoms with Crippen molar-refractivity contribution < 1.29 is 40.8 Å². The van der Waals surface area contributed by atoms with E-state index in [1.165, 1.54) is 19.3 Å². The molecule has 2 aromatic rings. The van der Waals surface area contributed by atoms with Gasteiger partial charge in [0.15, 0.2) is 5.69 Å². The lowest BCUT2D eigenvalue weighted by Gasteiger charge is -2.26. The van der Waals surface area contributed by atoms with Crippen LogP contribution in [0.15, 0.2) is 53.7 Å². The van der Waals surface area contributed by atoms with Gasteiger partial charge in [-0.25, -0.2) is 14.4 Å². The highest BCUT2D eigenvalue weighted by molar-refractivity contribution is 8.00. The molecule has 0 saturated carbocycles. The molecule has 1 aromatic heterocycles. The van der Waals surface area contributed by atoms with Crippen LogP contribution in [0, 0.1) is 0 Å². The van der Waals surface area contributed by atoms with Crippen LogP contribution in [0.2, 0.25) is 0 Å². The number of quaternary nitrogens is 1. The largest absolute Gasteiger partial charge is 0.497 e. The first kappa shape index (κ1) is 24.9. The number of amides is 2. The minimum atomic E-state index is -5.45. The molecule has 176 valence electrons. The average molecular weight is 510 g/mol. The second kappa shape index (κ2) is 8.91. The molecule has 3 rings (SSSR count). The summed E-state index contributed by atoms with van der Waals surface area (Å²) in [6.45, 7) is 1.35. The Bertz CT molecular complexity index is 1060. The molecule has 6 nitrogen and oxygen atoms in total. The number of hydrogen-bond donors (Lipinski definition) is 0. The fourth-order valence-corrected chi connectivity index (χ4v) is 4.02. The quantitative estimate of drug-likeness (QED) is 0.233. The van der Waals surface area contributed by atoms with Crippen molar-refractivity contribution in [1.82, 2.24) is 14.5 Å². The van der Waals surface area contributed by atoms with E-state index >= 15 is 0 Å². The Hall–Kier alpha value is -2.71. The maximum Gasteiger partial charge on any atom is 0.497 e. The maximum atomic E-state index is 13.4. The van der Waals surface area contributed by atoms with Crippen molar-refractivity contribution >= 4 is 46.7 Å². The number of alkyl halides is 6. The number of rotatable bonds is 5. The number of hydrogen-bond acceptors (Lipinski definition) is 6. The van der Waals surface area contributed by atoms with E-state index in [0.717, 1.165) is 29.2 Å². The van der Waals surface area contributed by atoms with E-state index in [2.05, 4.69) is 9.82 Å². The van der Waals surface area contributed by atoms with Crippen molar-refractivity contribution in [3.05, 3.63) is 54.4 Å². The molecular weight excluding hydrogens is 496 g/mol. The summed E-state index contributed by atoms with van der Waals surface area (Å²) in [5, 5.41) is 0. The molecule has 1 aliphatic heterocycles. The van der Waals surface area contributed by atoms with E-state index < -0.39 is 46.1 Å². The molecule has 0 radical (unpaired) electrons. The predicted molar refractivity (Wildman–Crippen MR) is 110 cm³/mol. The molecule has 0 bridgehead atoms. The fraction of sp³-hybridized carbons (Fsp3) is 0.263. The van der Waals surface area contributed by atoms with E-state index in [4.69, 9.17) is 12.2 Å². The number of aromatic nitrogens is 1. The standard InChI is InChI=1S/C19H14F6N3O3S2/c1-11-15(32)28(31-16(29)18(20,21)22,13-2-4-14(5-3-13)33-19(23,24)25)17(30)27(11)10-12-6-8-26-9-7-12/h2-9,11H,10H2,1H3/q+1/t11-,28?/m0/s1. The van der Waals surface area contributed by atoms with Crippen LogP contribution in [0.1, 0.15) is 12.5 Å². The predicted octanol–water partition coefficient (Wildman–Crippen LogP) is 5.37. The third-order valence-electron chi connectivity index (χ3n) is 4.64. The number of benzene rings is 1. The van der Waals surface area contributed by atoms with E-state index in [9.17, 15) is 35.9 Å². The Morgan fingerprint density at radius 3 is 2.21 bits per heavy atom. The zero-order valence-corrected chi connectivity index (χ0v) is 18.2. The maximum absolute atomic E-state index is 13.4. The van der Waals surface area contributed by atoms with Crippen molar-refractivity contribution in [2.24, 2.45) is 0 Å². The molecule has 1 fully saturated rings. The van der Waals surface area contributed by atoms with Gasteiger partial charge in [0.1, 0.15) is 6.04 Å². The molecule has 33 heavy (non-hydrogen) atoms. The van der Waals surface area contributed by atoms with E-state index in [-0.39, 0.29) is 22.1 Å². The lowest BCUT2D eigenvalue weighted by molar-refractivity contribution is -0.216. The zero-order chi connectivity index (χ0) is 24.6. The summed E-state index contributed by atoms with van der Waals surface area (Å²) < 4.78 is 75.3. The molecule has 14 heteroatoms. The van der Waals surface area contributed by atoms with Gasteiger partial charge in [0.2, 0.25) is 0 Å². The van der Waals surface area contributed by atoms with Gasteiger partial charge in [-0.2, -0.15) is 26.3 Å². The number of thioether (sulfide) groups is 1. The average Bonchev–Trinajstić information content (AvgIpc) is 2.89. The first-order chi connectivity index (χ1) is 15.3. The Labute approximate surface area is 192 Å². The SMILES string of the molecule is C[C@H]1C(=S)[N+](OC(=O)C(F)(F)F)(c2ccc(SC(F)(F)F)cc2)C(=O)N1Cc1ccncc1. The smallest absolute Gasteiger partial charge is 0.271 e. The molecule has 1 aliphatic rings. The van der Waals surface area contributed by atoms with Gasteiger partial charge in [-0.1, -0.05) is 0 Å². The second-order valence-corrected chi connectivity index (χ2v) is 8.36. The van der Waals surface area contributed by atoms with Crippen LogP contribution in [0.5, 0.6) is 0 Å². The molecule has 2 atom stereocenters. The summed E-state index contributed by atoms with van der Waals surface area (Å²) in [5.74, 6) is -2.68. The van der Waals surface area contributed by atoms with Gasteiger partial charge >= 0.3 is 23.7 Å². The van der Waals surface area contributed by atoms with E-state index in [0.29, 0.717) is 5.56 Å². The van der Waals surface area contributed by atoms with Gasteiger partial charge in [-0.3, -0.25) is 9.88 Å². The summed E-state index contributed by atoms with van der Waals surface area (Å²) >= 11 is 4.80. The minimum absolute atomic E-state index is 0.0891. The highest BCUT2D eigenvalue weighted by Crippen LogP contribution is 2.41. The van der Waals surface area contributed by atoms with Crippen LogP contribution in [-0.2, 0) is 16.2 Å². The molecule has 0 spiro atoms. The topological polar surface area (TPSA) is 59.5 Å². The molecule has 1 aromatic carbocycles. The zero-order valence-electron chi connectivity index (χ0n) is 16.6. The number of urea groups is 1. The van der Waals surface area contributed by atoms with Crippen LogP contribution in [0.4, 0.5) is 36.8 Å². The molecular formula is C19H14F6N3O3S2+. The lowest BCUT2D eigenvalue weighted by atomic mass is 10.2. The van der Waals surface area contributed by atoms with Crippen molar-refractivity contribution in [1.29, 1.82) is 0 Å². The van der Waals surface area contributed by atoms with Crippen LogP contribution in [-0.4, -0.2) is 44.6 Å². The Kier molecular flexibility index (Phi) is 6.73. The summed E-state index contributed by atoms with van der Waals surface area (Å²) in [4.78, 5) is 34.1. The summed E-state index contributed by atoms with van der Waals surface area (Å²) in [7, 11) is 0. The number of thiocarbonyl (C=S) groups is 1. The molecule has 0 aliphatic carbocycles. The molecule has 1 unspecified atom stereocenters. The Morgan fingerprint density at radius 2 is 1.70 bits per heavy atom. The highest BCUT2D eigenvalue weighted by Gasteiger charge is 2.64. The highest BCUT2D eigenvalue weighted by atomic mass is 32.2. The van der Waals surface area contributed by atoms with Gasteiger partial charge in [0.25, 0.3) is 4.99 Å².